The Morgan fingerprint density at radius 3 is 2.59 bits per heavy atom. The molecule has 1 aromatic heterocycles. The lowest BCUT2D eigenvalue weighted by molar-refractivity contribution is -0.117. The van der Waals surface area contributed by atoms with Crippen molar-refractivity contribution in [3.8, 4) is 0 Å². The monoisotopic (exact) mass is 365 g/mol. The first kappa shape index (κ1) is 19.4. The van der Waals surface area contributed by atoms with E-state index in [1.54, 1.807) is 0 Å². The number of pyridine rings is 1. The summed E-state index contributed by atoms with van der Waals surface area (Å²) in [5.74, 6) is 0.0781. The van der Waals surface area contributed by atoms with E-state index in [-0.39, 0.29) is 11.3 Å². The highest BCUT2D eigenvalue weighted by molar-refractivity contribution is 5.93. The third-order valence-electron chi connectivity index (χ3n) is 5.04. The van der Waals surface area contributed by atoms with Gasteiger partial charge in [-0.2, -0.15) is 0 Å². The molecule has 27 heavy (non-hydrogen) atoms. The summed E-state index contributed by atoms with van der Waals surface area (Å²) < 4.78 is 0. The largest absolute Gasteiger partial charge is 0.366 e. The van der Waals surface area contributed by atoms with Crippen molar-refractivity contribution < 1.29 is 4.79 Å². The van der Waals surface area contributed by atoms with Crippen LogP contribution in [0.5, 0.6) is 0 Å². The number of amides is 1. The zero-order chi connectivity index (χ0) is 19.6. The molecule has 1 N–H and O–H groups in total. The number of hydrogen-bond acceptors (Lipinski definition) is 3. The number of anilines is 2. The number of nitrogens with one attached hydrogen (secondary N) is 1. The van der Waals surface area contributed by atoms with Crippen LogP contribution in [0.25, 0.3) is 0 Å². The number of benzene rings is 1. The Labute approximate surface area is 163 Å². The van der Waals surface area contributed by atoms with E-state index in [0.717, 1.165) is 42.7 Å². The molecule has 1 amide bonds. The molecule has 0 saturated carbocycles. The lowest BCUT2D eigenvalue weighted by Gasteiger charge is -2.25. The van der Waals surface area contributed by atoms with E-state index in [1.807, 2.05) is 12.3 Å². The first-order chi connectivity index (χ1) is 12.7. The summed E-state index contributed by atoms with van der Waals surface area (Å²) in [6.07, 6.45) is 4.61. The Balaban J connectivity index is 1.81. The van der Waals surface area contributed by atoms with E-state index in [1.165, 1.54) is 16.9 Å². The molecule has 0 unspecified atom stereocenters. The molecule has 0 radical (unpaired) electrons. The Morgan fingerprint density at radius 2 is 1.93 bits per heavy atom. The molecule has 144 valence electrons. The van der Waals surface area contributed by atoms with Crippen molar-refractivity contribution in [2.75, 3.05) is 16.8 Å². The quantitative estimate of drug-likeness (QED) is 0.830. The summed E-state index contributed by atoms with van der Waals surface area (Å²) in [6, 6.07) is 8.59. The predicted octanol–water partition coefficient (Wildman–Crippen LogP) is 5.03. The molecular formula is C23H31N3O. The maximum absolute atomic E-state index is 12.4. The number of carbonyl (C=O) groups is 1. The molecule has 0 saturated heterocycles. The minimum atomic E-state index is -0.0156. The molecule has 1 aliphatic heterocycles. The highest BCUT2D eigenvalue weighted by Crippen LogP contribution is 2.30. The summed E-state index contributed by atoms with van der Waals surface area (Å²) in [5, 5.41) is 3.12. The van der Waals surface area contributed by atoms with Gasteiger partial charge in [0, 0.05) is 30.5 Å². The Hall–Kier alpha value is -2.36. The van der Waals surface area contributed by atoms with Gasteiger partial charge in [0.2, 0.25) is 5.91 Å². The molecule has 0 aliphatic carbocycles. The molecule has 0 bridgehead atoms. The fourth-order valence-corrected chi connectivity index (χ4v) is 3.77. The fourth-order valence-electron chi connectivity index (χ4n) is 3.77. The van der Waals surface area contributed by atoms with Crippen molar-refractivity contribution in [1.29, 1.82) is 0 Å². The van der Waals surface area contributed by atoms with E-state index >= 15 is 0 Å². The van der Waals surface area contributed by atoms with Gasteiger partial charge in [0.15, 0.2) is 0 Å². The van der Waals surface area contributed by atoms with Gasteiger partial charge in [0.05, 0.1) is 12.2 Å². The number of hydrogen-bond donors (Lipinski definition) is 1. The topological polar surface area (TPSA) is 45.2 Å². The van der Waals surface area contributed by atoms with Crippen molar-refractivity contribution in [1.82, 2.24) is 4.98 Å². The summed E-state index contributed by atoms with van der Waals surface area (Å²) in [5.41, 5.74) is 6.89. The fraction of sp³-hybridized carbons (Fsp3) is 0.478. The molecule has 3 rings (SSSR count). The van der Waals surface area contributed by atoms with Gasteiger partial charge in [-0.1, -0.05) is 26.8 Å². The average molecular weight is 366 g/mol. The highest BCUT2D eigenvalue weighted by Gasteiger charge is 2.19. The van der Waals surface area contributed by atoms with Gasteiger partial charge in [-0.15, -0.1) is 0 Å². The van der Waals surface area contributed by atoms with Gasteiger partial charge in [-0.25, -0.2) is 0 Å². The highest BCUT2D eigenvalue weighted by atomic mass is 16.1. The maximum Gasteiger partial charge on any atom is 0.224 e. The van der Waals surface area contributed by atoms with E-state index in [0.29, 0.717) is 6.42 Å². The van der Waals surface area contributed by atoms with Crippen LogP contribution in [0.2, 0.25) is 0 Å². The van der Waals surface area contributed by atoms with Crippen LogP contribution in [0.1, 0.15) is 56.0 Å². The first-order valence-corrected chi connectivity index (χ1v) is 9.82. The van der Waals surface area contributed by atoms with Gasteiger partial charge in [0.1, 0.15) is 0 Å². The van der Waals surface area contributed by atoms with Gasteiger partial charge in [-0.05, 0) is 67.0 Å². The number of fused-ring (bicyclic) bond motifs is 1. The number of aromatic nitrogens is 1. The lowest BCUT2D eigenvalue weighted by atomic mass is 9.92. The average Bonchev–Trinajstić information content (AvgIpc) is 2.78. The predicted molar refractivity (Wildman–Crippen MR) is 112 cm³/mol. The molecular weight excluding hydrogens is 334 g/mol. The summed E-state index contributed by atoms with van der Waals surface area (Å²) in [4.78, 5) is 19.4. The van der Waals surface area contributed by atoms with Crippen LogP contribution in [0, 0.1) is 19.3 Å². The van der Waals surface area contributed by atoms with Crippen LogP contribution < -0.4 is 10.2 Å². The SMILES string of the molecule is Cc1cc(N2CCCc3cccnc3C2)cc(C)c1NC(=O)CC(C)(C)C. The lowest BCUT2D eigenvalue weighted by Crippen LogP contribution is -2.24. The van der Waals surface area contributed by atoms with Crippen molar-refractivity contribution >= 4 is 17.3 Å². The van der Waals surface area contributed by atoms with Crippen molar-refractivity contribution in [3.63, 3.8) is 0 Å². The van der Waals surface area contributed by atoms with Crippen LogP contribution in [0.4, 0.5) is 11.4 Å². The molecule has 0 fully saturated rings. The molecule has 1 aliphatic rings. The van der Waals surface area contributed by atoms with Crippen molar-refractivity contribution in [3.05, 3.63) is 52.8 Å². The van der Waals surface area contributed by atoms with Gasteiger partial charge < -0.3 is 10.2 Å². The van der Waals surface area contributed by atoms with E-state index in [2.05, 4.69) is 68.0 Å². The minimum absolute atomic E-state index is 0.0156. The van der Waals surface area contributed by atoms with Crippen molar-refractivity contribution in [2.45, 2.75) is 60.4 Å². The smallest absolute Gasteiger partial charge is 0.224 e. The Kier molecular flexibility index (Phi) is 5.54. The minimum Gasteiger partial charge on any atom is -0.366 e. The third kappa shape index (κ3) is 4.88. The van der Waals surface area contributed by atoms with Gasteiger partial charge in [-0.3, -0.25) is 9.78 Å². The molecule has 0 atom stereocenters. The molecule has 2 heterocycles. The van der Waals surface area contributed by atoms with Gasteiger partial charge >= 0.3 is 0 Å². The number of nitrogens with zero attached hydrogens (tertiary/aromatic N) is 2. The molecule has 2 aromatic rings. The van der Waals surface area contributed by atoms with Gasteiger partial charge in [0.25, 0.3) is 0 Å². The maximum atomic E-state index is 12.4. The van der Waals surface area contributed by atoms with E-state index < -0.39 is 0 Å². The second kappa shape index (κ2) is 7.71. The van der Waals surface area contributed by atoms with Crippen molar-refractivity contribution in [2.24, 2.45) is 5.41 Å². The van der Waals surface area contributed by atoms with Crippen LogP contribution in [-0.2, 0) is 17.8 Å². The van der Waals surface area contributed by atoms with Crippen LogP contribution in [-0.4, -0.2) is 17.4 Å². The summed E-state index contributed by atoms with van der Waals surface area (Å²) >= 11 is 0. The number of carbonyl (C=O) groups excluding carboxylic acids is 1. The summed E-state index contributed by atoms with van der Waals surface area (Å²) in [7, 11) is 0. The zero-order valence-electron chi connectivity index (χ0n) is 17.2. The Bertz CT molecular complexity index is 813. The summed E-state index contributed by atoms with van der Waals surface area (Å²) in [6.45, 7) is 12.3. The molecule has 0 spiro atoms. The third-order valence-corrected chi connectivity index (χ3v) is 5.04. The molecule has 4 heteroatoms. The molecule has 4 nitrogen and oxygen atoms in total. The van der Waals surface area contributed by atoms with E-state index in [9.17, 15) is 4.79 Å². The molecule has 1 aromatic carbocycles. The standard InChI is InChI=1S/C23H31N3O/c1-16-12-19(13-17(2)22(16)25-21(27)14-23(3,4)5)26-11-7-9-18-8-6-10-24-20(18)15-26/h6,8,10,12-13H,7,9,11,14-15H2,1-5H3,(H,25,27). The number of rotatable bonds is 3. The second-order valence-corrected chi connectivity index (χ2v) is 8.87. The zero-order valence-corrected chi connectivity index (χ0v) is 17.2. The normalized spacial score (nSPS) is 14.5. The number of aryl methyl sites for hydroxylation is 3. The first-order valence-electron chi connectivity index (χ1n) is 9.82. The Morgan fingerprint density at radius 1 is 1.22 bits per heavy atom. The second-order valence-electron chi connectivity index (χ2n) is 8.87. The van der Waals surface area contributed by atoms with Crippen LogP contribution >= 0.6 is 0 Å². The van der Waals surface area contributed by atoms with Crippen LogP contribution in [0.15, 0.2) is 30.5 Å². The van der Waals surface area contributed by atoms with E-state index in [4.69, 9.17) is 0 Å². The van der Waals surface area contributed by atoms with Crippen LogP contribution in [0.3, 0.4) is 0 Å².